The van der Waals surface area contributed by atoms with Crippen molar-refractivity contribution in [1.29, 1.82) is 0 Å². The summed E-state index contributed by atoms with van der Waals surface area (Å²) in [5.74, 6) is 0.868. The third-order valence-electron chi connectivity index (χ3n) is 4.96. The van der Waals surface area contributed by atoms with Crippen LogP contribution in [0.1, 0.15) is 30.6 Å². The molecule has 0 bridgehead atoms. The highest BCUT2D eigenvalue weighted by molar-refractivity contribution is 6.30. The van der Waals surface area contributed by atoms with Gasteiger partial charge in [0.1, 0.15) is 11.9 Å². The van der Waals surface area contributed by atoms with E-state index in [1.807, 2.05) is 55.5 Å². The number of halogens is 1. The highest BCUT2D eigenvalue weighted by atomic mass is 35.5. The lowest BCUT2D eigenvalue weighted by Gasteiger charge is -2.24. The maximum absolute atomic E-state index is 12.6. The fourth-order valence-electron chi connectivity index (χ4n) is 3.47. The third kappa shape index (κ3) is 5.47. The second-order valence-corrected chi connectivity index (χ2v) is 7.80. The molecule has 2 aromatic carbocycles. The van der Waals surface area contributed by atoms with E-state index in [0.29, 0.717) is 24.5 Å². The number of benzene rings is 2. The van der Waals surface area contributed by atoms with Crippen molar-refractivity contribution in [2.24, 2.45) is 0 Å². The van der Waals surface area contributed by atoms with Gasteiger partial charge in [-0.05, 0) is 30.7 Å². The molecule has 0 unspecified atom stereocenters. The van der Waals surface area contributed by atoms with E-state index in [1.54, 1.807) is 11.9 Å². The zero-order valence-electron chi connectivity index (χ0n) is 16.3. The largest absolute Gasteiger partial charge is 0.489 e. The van der Waals surface area contributed by atoms with Crippen LogP contribution in [0, 0.1) is 0 Å². The van der Waals surface area contributed by atoms with Crippen molar-refractivity contribution in [3.8, 4) is 5.75 Å². The van der Waals surface area contributed by atoms with Crippen LogP contribution in [0.5, 0.6) is 5.75 Å². The fourth-order valence-corrected chi connectivity index (χ4v) is 3.66. The Hall–Kier alpha value is -2.08. The van der Waals surface area contributed by atoms with Gasteiger partial charge >= 0.3 is 0 Å². The Morgan fingerprint density at radius 1 is 1.32 bits per heavy atom. The van der Waals surface area contributed by atoms with E-state index in [-0.39, 0.29) is 18.6 Å². The maximum Gasteiger partial charge on any atom is 0.223 e. The molecule has 1 aliphatic rings. The SMILES string of the molecule is C[C@@H]1CN(CCC(=O)N(C)C[C@@H](O)c2ccccc2)Cc2cc(Cl)ccc2O1. The molecule has 1 heterocycles. The van der Waals surface area contributed by atoms with Gasteiger partial charge < -0.3 is 14.7 Å². The lowest BCUT2D eigenvalue weighted by molar-refractivity contribution is -0.131. The summed E-state index contributed by atoms with van der Waals surface area (Å²) < 4.78 is 5.97. The summed E-state index contributed by atoms with van der Waals surface area (Å²) in [6.45, 7) is 4.38. The summed E-state index contributed by atoms with van der Waals surface area (Å²) in [5.41, 5.74) is 1.85. The van der Waals surface area contributed by atoms with E-state index >= 15 is 0 Å². The number of likely N-dealkylation sites (N-methyl/N-ethyl adjacent to an activating group) is 1. The minimum atomic E-state index is -0.684. The molecule has 0 saturated carbocycles. The smallest absolute Gasteiger partial charge is 0.223 e. The number of hydrogen-bond acceptors (Lipinski definition) is 4. The van der Waals surface area contributed by atoms with Crippen molar-refractivity contribution in [2.45, 2.75) is 32.1 Å². The summed E-state index contributed by atoms with van der Waals surface area (Å²) in [4.78, 5) is 16.4. The summed E-state index contributed by atoms with van der Waals surface area (Å²) in [7, 11) is 1.73. The number of amides is 1. The van der Waals surface area contributed by atoms with Crippen LogP contribution in [0.15, 0.2) is 48.5 Å². The molecule has 1 aliphatic heterocycles. The van der Waals surface area contributed by atoms with Crippen LogP contribution >= 0.6 is 11.6 Å². The molecule has 0 radical (unpaired) electrons. The Bertz CT molecular complexity index is 800. The highest BCUT2D eigenvalue weighted by Crippen LogP contribution is 2.28. The molecule has 0 aliphatic carbocycles. The quantitative estimate of drug-likeness (QED) is 0.803. The number of nitrogens with zero attached hydrogens (tertiary/aromatic N) is 2. The molecule has 0 aromatic heterocycles. The molecular weight excluding hydrogens is 376 g/mol. The Balaban J connectivity index is 1.54. The van der Waals surface area contributed by atoms with Gasteiger partial charge in [0, 0.05) is 43.7 Å². The van der Waals surface area contributed by atoms with Crippen molar-refractivity contribution >= 4 is 17.5 Å². The minimum absolute atomic E-state index is 0.0131. The van der Waals surface area contributed by atoms with Crippen molar-refractivity contribution in [3.63, 3.8) is 0 Å². The highest BCUT2D eigenvalue weighted by Gasteiger charge is 2.22. The van der Waals surface area contributed by atoms with Gasteiger partial charge in [-0.25, -0.2) is 0 Å². The number of carbonyl (C=O) groups is 1. The van der Waals surface area contributed by atoms with E-state index in [9.17, 15) is 9.90 Å². The molecule has 150 valence electrons. The molecule has 0 spiro atoms. The number of aliphatic hydroxyl groups excluding tert-OH is 1. The van der Waals surface area contributed by atoms with E-state index in [0.717, 1.165) is 23.4 Å². The maximum atomic E-state index is 12.6. The van der Waals surface area contributed by atoms with Gasteiger partial charge in [-0.2, -0.15) is 0 Å². The van der Waals surface area contributed by atoms with Gasteiger partial charge in [-0.1, -0.05) is 41.9 Å². The van der Waals surface area contributed by atoms with Gasteiger partial charge in [0.05, 0.1) is 12.6 Å². The molecule has 1 amide bonds. The zero-order valence-corrected chi connectivity index (χ0v) is 17.1. The van der Waals surface area contributed by atoms with Gasteiger partial charge in [0.15, 0.2) is 0 Å². The molecule has 6 heteroatoms. The van der Waals surface area contributed by atoms with E-state index < -0.39 is 6.10 Å². The average molecular weight is 403 g/mol. The number of carbonyl (C=O) groups excluding carboxylic acids is 1. The number of rotatable bonds is 6. The van der Waals surface area contributed by atoms with Gasteiger partial charge in [0.2, 0.25) is 5.91 Å². The van der Waals surface area contributed by atoms with Gasteiger partial charge in [-0.3, -0.25) is 9.69 Å². The van der Waals surface area contributed by atoms with Crippen LogP contribution in [0.2, 0.25) is 5.02 Å². The first kappa shape index (κ1) is 20.6. The predicted molar refractivity (Wildman–Crippen MR) is 110 cm³/mol. The van der Waals surface area contributed by atoms with Crippen molar-refractivity contribution in [1.82, 2.24) is 9.80 Å². The average Bonchev–Trinajstić information content (AvgIpc) is 2.83. The van der Waals surface area contributed by atoms with Crippen LogP contribution in [0.25, 0.3) is 0 Å². The Morgan fingerprint density at radius 3 is 2.82 bits per heavy atom. The zero-order chi connectivity index (χ0) is 20.1. The van der Waals surface area contributed by atoms with Crippen molar-refractivity contribution in [2.75, 3.05) is 26.7 Å². The standard InChI is InChI=1S/C22H27ClN2O3/c1-16-13-25(14-18-12-19(23)8-9-21(18)28-16)11-10-22(27)24(2)15-20(26)17-6-4-3-5-7-17/h3-9,12,16,20,26H,10-11,13-15H2,1-2H3/t16-,20-/m1/s1. The predicted octanol–water partition coefficient (Wildman–Crippen LogP) is 3.51. The Labute approximate surface area is 171 Å². The molecule has 3 rings (SSSR count). The molecule has 2 aromatic rings. The minimum Gasteiger partial charge on any atom is -0.489 e. The first-order chi connectivity index (χ1) is 13.4. The molecule has 28 heavy (non-hydrogen) atoms. The van der Waals surface area contributed by atoms with Crippen molar-refractivity contribution < 1.29 is 14.6 Å². The van der Waals surface area contributed by atoms with Crippen LogP contribution in [0.3, 0.4) is 0 Å². The lowest BCUT2D eigenvalue weighted by atomic mass is 10.1. The normalized spacial score (nSPS) is 17.9. The molecule has 1 N–H and O–H groups in total. The molecular formula is C22H27ClN2O3. The van der Waals surface area contributed by atoms with Gasteiger partial charge in [0.25, 0.3) is 0 Å². The number of ether oxygens (including phenoxy) is 1. The third-order valence-corrected chi connectivity index (χ3v) is 5.19. The molecule has 2 atom stereocenters. The van der Waals surface area contributed by atoms with Crippen LogP contribution in [-0.2, 0) is 11.3 Å². The number of hydrogen-bond donors (Lipinski definition) is 1. The molecule has 5 nitrogen and oxygen atoms in total. The first-order valence-electron chi connectivity index (χ1n) is 9.57. The second-order valence-electron chi connectivity index (χ2n) is 7.37. The van der Waals surface area contributed by atoms with E-state index in [2.05, 4.69) is 4.90 Å². The van der Waals surface area contributed by atoms with Crippen molar-refractivity contribution in [3.05, 3.63) is 64.7 Å². The van der Waals surface area contributed by atoms with Gasteiger partial charge in [-0.15, -0.1) is 0 Å². The number of aliphatic hydroxyl groups is 1. The van der Waals surface area contributed by atoms with E-state index in [1.165, 1.54) is 0 Å². The van der Waals surface area contributed by atoms with Crippen LogP contribution < -0.4 is 4.74 Å². The lowest BCUT2D eigenvalue weighted by Crippen LogP contribution is -2.36. The first-order valence-corrected chi connectivity index (χ1v) is 9.94. The fraction of sp³-hybridized carbons (Fsp3) is 0.409. The summed E-state index contributed by atoms with van der Waals surface area (Å²) in [6.07, 6.45) is -0.258. The monoisotopic (exact) mass is 402 g/mol. The van der Waals surface area contributed by atoms with Crippen LogP contribution in [0.4, 0.5) is 0 Å². The summed E-state index contributed by atoms with van der Waals surface area (Å²) >= 11 is 6.12. The Morgan fingerprint density at radius 2 is 2.07 bits per heavy atom. The second kappa shape index (κ2) is 9.41. The molecule has 0 saturated heterocycles. The topological polar surface area (TPSA) is 53.0 Å². The summed E-state index contributed by atoms with van der Waals surface area (Å²) in [6, 6.07) is 15.1. The summed E-state index contributed by atoms with van der Waals surface area (Å²) in [5, 5.41) is 11.0. The van der Waals surface area contributed by atoms with Crippen LogP contribution in [-0.4, -0.2) is 53.6 Å². The molecule has 0 fully saturated rings. The number of fused-ring (bicyclic) bond motifs is 1. The van der Waals surface area contributed by atoms with E-state index in [4.69, 9.17) is 16.3 Å². The Kier molecular flexibility index (Phi) is 6.94.